The van der Waals surface area contributed by atoms with E-state index in [0.717, 1.165) is 25.7 Å². The summed E-state index contributed by atoms with van der Waals surface area (Å²) in [4.78, 5) is 0. The first-order valence-electron chi connectivity index (χ1n) is 7.36. The van der Waals surface area contributed by atoms with Crippen LogP contribution in [0.15, 0.2) is 0 Å². The molecule has 2 heterocycles. The van der Waals surface area contributed by atoms with Crippen LogP contribution < -0.4 is 0 Å². The van der Waals surface area contributed by atoms with E-state index < -0.39 is 0 Å². The molecule has 6 atom stereocenters. The van der Waals surface area contributed by atoms with E-state index >= 15 is 0 Å². The molecule has 4 aliphatic rings. The predicted molar refractivity (Wildman–Crippen MR) is 69.1 cm³/mol. The third-order valence-electron chi connectivity index (χ3n) is 5.98. The van der Waals surface area contributed by atoms with Crippen molar-refractivity contribution in [2.24, 2.45) is 23.7 Å². The van der Waals surface area contributed by atoms with Crippen LogP contribution in [0, 0.1) is 23.7 Å². The SMILES string of the molecule is CC1(C)OC2(C)CC(O)C1CC1C(CO)CCC12. The van der Waals surface area contributed by atoms with Gasteiger partial charge in [-0.3, -0.25) is 0 Å². The van der Waals surface area contributed by atoms with Gasteiger partial charge in [-0.25, -0.2) is 0 Å². The first-order chi connectivity index (χ1) is 8.37. The van der Waals surface area contributed by atoms with E-state index in [1.54, 1.807) is 0 Å². The zero-order valence-corrected chi connectivity index (χ0v) is 11.7. The second-order valence-corrected chi connectivity index (χ2v) is 7.42. The maximum Gasteiger partial charge on any atom is 0.0717 e. The standard InChI is InChI=1S/C15H26O3/c1-14(2)12-6-10-9(8-16)4-5-11(10)15(3,18-14)7-13(12)17/h9-13,16-17H,4-8H2,1-3H3. The van der Waals surface area contributed by atoms with Gasteiger partial charge in [0.25, 0.3) is 0 Å². The van der Waals surface area contributed by atoms with Crippen LogP contribution in [-0.2, 0) is 4.74 Å². The summed E-state index contributed by atoms with van der Waals surface area (Å²) in [6, 6.07) is 0. The molecule has 2 aliphatic carbocycles. The Labute approximate surface area is 110 Å². The van der Waals surface area contributed by atoms with Gasteiger partial charge in [-0.2, -0.15) is 0 Å². The highest BCUT2D eigenvalue weighted by Crippen LogP contribution is 2.58. The molecule has 104 valence electrons. The number of hydrogen-bond acceptors (Lipinski definition) is 3. The lowest BCUT2D eigenvalue weighted by molar-refractivity contribution is -0.230. The third-order valence-corrected chi connectivity index (χ3v) is 5.98. The second-order valence-electron chi connectivity index (χ2n) is 7.42. The molecule has 18 heavy (non-hydrogen) atoms. The topological polar surface area (TPSA) is 49.7 Å². The van der Waals surface area contributed by atoms with E-state index in [0.29, 0.717) is 24.4 Å². The van der Waals surface area contributed by atoms with Crippen LogP contribution in [0.4, 0.5) is 0 Å². The summed E-state index contributed by atoms with van der Waals surface area (Å²) >= 11 is 0. The van der Waals surface area contributed by atoms with Crippen molar-refractivity contribution in [1.29, 1.82) is 0 Å². The van der Waals surface area contributed by atoms with Crippen LogP contribution in [0.2, 0.25) is 0 Å². The second kappa shape index (κ2) is 3.94. The summed E-state index contributed by atoms with van der Waals surface area (Å²) in [6.07, 6.45) is 3.79. The van der Waals surface area contributed by atoms with Gasteiger partial charge in [-0.15, -0.1) is 0 Å². The molecular weight excluding hydrogens is 228 g/mol. The molecule has 2 saturated carbocycles. The number of ether oxygens (including phenoxy) is 1. The summed E-state index contributed by atoms with van der Waals surface area (Å²) in [6.45, 7) is 6.71. The van der Waals surface area contributed by atoms with E-state index in [9.17, 15) is 10.2 Å². The minimum atomic E-state index is -0.247. The number of aliphatic hydroxyl groups excluding tert-OH is 2. The maximum absolute atomic E-state index is 10.5. The largest absolute Gasteiger partial charge is 0.396 e. The minimum absolute atomic E-state index is 0.204. The number of fused-ring (bicyclic) bond motifs is 2. The zero-order valence-electron chi connectivity index (χ0n) is 11.7. The Bertz CT molecular complexity index is 341. The zero-order chi connectivity index (χ0) is 13.1. The quantitative estimate of drug-likeness (QED) is 0.752. The third kappa shape index (κ3) is 1.67. The molecule has 0 spiro atoms. The molecule has 2 saturated heterocycles. The Hall–Kier alpha value is -0.120. The minimum Gasteiger partial charge on any atom is -0.396 e. The van der Waals surface area contributed by atoms with Gasteiger partial charge in [-0.1, -0.05) is 0 Å². The smallest absolute Gasteiger partial charge is 0.0717 e. The van der Waals surface area contributed by atoms with Crippen LogP contribution >= 0.6 is 0 Å². The van der Waals surface area contributed by atoms with Crippen molar-refractivity contribution in [3.05, 3.63) is 0 Å². The molecule has 0 amide bonds. The molecule has 0 aromatic rings. The average Bonchev–Trinajstić information content (AvgIpc) is 2.58. The van der Waals surface area contributed by atoms with E-state index in [-0.39, 0.29) is 23.2 Å². The number of hydrogen-bond donors (Lipinski definition) is 2. The summed E-state index contributed by atoms with van der Waals surface area (Å²) < 4.78 is 6.42. The van der Waals surface area contributed by atoms with Gasteiger partial charge in [0.2, 0.25) is 0 Å². The molecular formula is C15H26O3. The molecule has 0 aromatic carbocycles. The highest BCUT2D eigenvalue weighted by molar-refractivity contribution is 5.08. The van der Waals surface area contributed by atoms with Gasteiger partial charge < -0.3 is 14.9 Å². The Balaban J connectivity index is 1.99. The molecule has 4 fully saturated rings. The average molecular weight is 254 g/mol. The van der Waals surface area contributed by atoms with E-state index in [4.69, 9.17) is 4.74 Å². The highest BCUT2D eigenvalue weighted by Gasteiger charge is 2.59. The van der Waals surface area contributed by atoms with Crippen LogP contribution in [0.3, 0.4) is 0 Å². The fourth-order valence-corrected chi connectivity index (χ4v) is 5.19. The van der Waals surface area contributed by atoms with Gasteiger partial charge >= 0.3 is 0 Å². The molecule has 2 bridgehead atoms. The van der Waals surface area contributed by atoms with Gasteiger partial charge in [0.1, 0.15) is 0 Å². The summed E-state index contributed by atoms with van der Waals surface area (Å²) in [5, 5.41) is 20.0. The van der Waals surface area contributed by atoms with Crippen LogP contribution in [0.5, 0.6) is 0 Å². The Morgan fingerprint density at radius 3 is 2.50 bits per heavy atom. The number of rotatable bonds is 1. The Morgan fingerprint density at radius 2 is 1.89 bits per heavy atom. The van der Waals surface area contributed by atoms with Crippen molar-refractivity contribution >= 4 is 0 Å². The molecule has 2 aliphatic heterocycles. The predicted octanol–water partition coefficient (Wildman–Crippen LogP) is 1.96. The van der Waals surface area contributed by atoms with Gasteiger partial charge in [-0.05, 0) is 57.8 Å². The highest BCUT2D eigenvalue weighted by atomic mass is 16.5. The van der Waals surface area contributed by atoms with Gasteiger partial charge in [0, 0.05) is 18.9 Å². The normalized spacial score (nSPS) is 54.2. The fourth-order valence-electron chi connectivity index (χ4n) is 5.19. The van der Waals surface area contributed by atoms with Crippen molar-refractivity contribution in [3.63, 3.8) is 0 Å². The molecule has 0 radical (unpaired) electrons. The van der Waals surface area contributed by atoms with Crippen molar-refractivity contribution in [3.8, 4) is 0 Å². The van der Waals surface area contributed by atoms with Crippen LogP contribution in [-0.4, -0.2) is 34.1 Å². The van der Waals surface area contributed by atoms with Crippen molar-refractivity contribution in [2.45, 2.75) is 63.8 Å². The summed E-state index contributed by atoms with van der Waals surface area (Å²) in [5.74, 6) is 1.67. The Morgan fingerprint density at radius 1 is 1.17 bits per heavy atom. The molecule has 3 heteroatoms. The number of aliphatic hydroxyl groups is 2. The maximum atomic E-state index is 10.5. The molecule has 3 nitrogen and oxygen atoms in total. The molecule has 2 N–H and O–H groups in total. The van der Waals surface area contributed by atoms with Crippen LogP contribution in [0.1, 0.15) is 46.5 Å². The molecule has 4 rings (SSSR count). The molecule has 0 aromatic heterocycles. The van der Waals surface area contributed by atoms with E-state index in [1.165, 1.54) is 0 Å². The summed E-state index contributed by atoms with van der Waals surface area (Å²) in [5.41, 5.74) is -0.443. The monoisotopic (exact) mass is 254 g/mol. The molecule has 6 unspecified atom stereocenters. The fraction of sp³-hybridized carbons (Fsp3) is 1.00. The van der Waals surface area contributed by atoms with Crippen molar-refractivity contribution in [1.82, 2.24) is 0 Å². The van der Waals surface area contributed by atoms with E-state index in [2.05, 4.69) is 20.8 Å². The first-order valence-corrected chi connectivity index (χ1v) is 7.36. The first kappa shape index (κ1) is 12.9. The summed E-state index contributed by atoms with van der Waals surface area (Å²) in [7, 11) is 0. The lowest BCUT2D eigenvalue weighted by Crippen LogP contribution is -2.55. The lowest BCUT2D eigenvalue weighted by Gasteiger charge is -2.49. The van der Waals surface area contributed by atoms with E-state index in [1.807, 2.05) is 0 Å². The van der Waals surface area contributed by atoms with Gasteiger partial charge in [0.15, 0.2) is 0 Å². The van der Waals surface area contributed by atoms with Crippen molar-refractivity contribution in [2.75, 3.05) is 6.61 Å². The lowest BCUT2D eigenvalue weighted by atomic mass is 9.76. The van der Waals surface area contributed by atoms with Crippen LogP contribution in [0.25, 0.3) is 0 Å². The van der Waals surface area contributed by atoms with Gasteiger partial charge in [0.05, 0.1) is 17.3 Å². The van der Waals surface area contributed by atoms with Crippen molar-refractivity contribution < 1.29 is 14.9 Å². The Kier molecular flexibility index (Phi) is 2.82.